The molecule has 1 fully saturated rings. The summed E-state index contributed by atoms with van der Waals surface area (Å²) in [6, 6.07) is 10.0. The minimum absolute atomic E-state index is 0. The predicted octanol–water partition coefficient (Wildman–Crippen LogP) is 1.64. The highest BCUT2D eigenvalue weighted by Crippen LogP contribution is 2.32. The van der Waals surface area contributed by atoms with Crippen LogP contribution < -0.4 is 9.88 Å². The van der Waals surface area contributed by atoms with Gasteiger partial charge in [-0.3, -0.25) is 8.86 Å². The van der Waals surface area contributed by atoms with Gasteiger partial charge in [-0.05, 0) is 12.0 Å². The topological polar surface area (TPSA) is 171 Å². The number of ether oxygens (including phenoxy) is 1. The molecule has 0 unspecified atom stereocenters. The average Bonchev–Trinajstić information content (AvgIpc) is 3.51. The highest BCUT2D eigenvalue weighted by atomic mass is 32.2. The molecule has 0 saturated heterocycles. The Labute approximate surface area is 202 Å². The Balaban J connectivity index is 0.00000289. The van der Waals surface area contributed by atoms with Gasteiger partial charge in [-0.1, -0.05) is 37.8 Å². The number of nitrogens with one attached hydrogen (secondary N) is 1. The number of nitrogens with two attached hydrogens (primary N) is 1. The van der Waals surface area contributed by atoms with Crippen LogP contribution in [0.5, 0.6) is 5.88 Å². The van der Waals surface area contributed by atoms with Gasteiger partial charge in [-0.2, -0.15) is 18.5 Å². The van der Waals surface area contributed by atoms with Crippen LogP contribution >= 0.6 is 0 Å². The molecule has 4 N–H and O–H groups in total. The van der Waals surface area contributed by atoms with Crippen LogP contribution in [0.2, 0.25) is 0 Å². The number of aliphatic hydroxyl groups excluding tert-OH is 1. The Morgan fingerprint density at radius 1 is 1.20 bits per heavy atom. The molecule has 4 aromatic rings. The molecule has 5 rings (SSSR count). The largest absolute Gasteiger partial charge is 0.473 e. The molecule has 3 heterocycles. The summed E-state index contributed by atoms with van der Waals surface area (Å²) in [5.74, 6) is 0.449. The van der Waals surface area contributed by atoms with Crippen LogP contribution in [0.25, 0.3) is 22.6 Å². The van der Waals surface area contributed by atoms with Gasteiger partial charge in [0.15, 0.2) is 5.65 Å². The van der Waals surface area contributed by atoms with Crippen LogP contribution in [0, 0.1) is 5.92 Å². The monoisotopic (exact) mass is 501 g/mol. The van der Waals surface area contributed by atoms with Crippen molar-refractivity contribution in [2.24, 2.45) is 11.1 Å². The van der Waals surface area contributed by atoms with Crippen LogP contribution in [0.15, 0.2) is 49.1 Å². The van der Waals surface area contributed by atoms with Crippen LogP contribution in [0.4, 0.5) is 0 Å². The first-order valence-corrected chi connectivity index (χ1v) is 12.1. The number of H-pyrrole nitrogens is 1. The summed E-state index contributed by atoms with van der Waals surface area (Å²) in [5, 5.41) is 19.5. The fraction of sp³-hybridized carbons (Fsp3) is 0.364. The van der Waals surface area contributed by atoms with Gasteiger partial charge in [-0.25, -0.2) is 15.1 Å². The zero-order valence-corrected chi connectivity index (χ0v) is 18.8. The number of rotatable bonds is 8. The Kier molecular flexibility index (Phi) is 7.12. The van der Waals surface area contributed by atoms with Crippen molar-refractivity contribution in [3.05, 3.63) is 54.6 Å². The van der Waals surface area contributed by atoms with E-state index in [4.69, 9.17) is 9.88 Å². The van der Waals surface area contributed by atoms with Crippen LogP contribution in [0.3, 0.4) is 0 Å². The van der Waals surface area contributed by atoms with Gasteiger partial charge in [0.25, 0.3) is 0 Å². The lowest BCUT2D eigenvalue weighted by Gasteiger charge is -2.13. The van der Waals surface area contributed by atoms with E-state index in [0.717, 1.165) is 11.1 Å². The quantitative estimate of drug-likeness (QED) is 0.324. The van der Waals surface area contributed by atoms with Crippen molar-refractivity contribution in [2.75, 3.05) is 6.61 Å². The summed E-state index contributed by atoms with van der Waals surface area (Å²) < 4.78 is 34.5. The van der Waals surface area contributed by atoms with Crippen molar-refractivity contribution in [3.63, 3.8) is 0 Å². The van der Waals surface area contributed by atoms with Crippen molar-refractivity contribution < 1.29 is 22.4 Å². The van der Waals surface area contributed by atoms with E-state index in [0.29, 0.717) is 42.3 Å². The van der Waals surface area contributed by atoms with E-state index in [2.05, 4.69) is 29.2 Å². The third-order valence-electron chi connectivity index (χ3n) is 5.69. The van der Waals surface area contributed by atoms with Crippen LogP contribution in [0.1, 0.15) is 25.8 Å². The third kappa shape index (κ3) is 5.82. The molecule has 0 bridgehead atoms. The van der Waals surface area contributed by atoms with Crippen molar-refractivity contribution in [3.8, 4) is 17.3 Å². The summed E-state index contributed by atoms with van der Waals surface area (Å²) in [5.41, 5.74) is 2.88. The lowest BCUT2D eigenvalue weighted by Crippen LogP contribution is -2.24. The molecule has 1 aliphatic rings. The fourth-order valence-electron chi connectivity index (χ4n) is 4.04. The van der Waals surface area contributed by atoms with Gasteiger partial charge in [0.05, 0.1) is 31.0 Å². The number of aromatic nitrogens is 6. The first-order valence-electron chi connectivity index (χ1n) is 10.6. The van der Waals surface area contributed by atoms with Gasteiger partial charge < -0.3 is 14.8 Å². The van der Waals surface area contributed by atoms with E-state index in [-0.39, 0.29) is 20.1 Å². The second kappa shape index (κ2) is 10.1. The standard InChI is InChI=1S/C21H23N7O5S.CH4/c22-34(30,31)32-11-14-6-16(7-17(14)29)33-21-18-20(23-12-24-21)27-19(26-18)15-8-25-28(10-15)9-13-4-2-1-3-5-13;/h1-5,8,10,12,14,16-17,29H,6-7,9,11H2,(H2,22,30,31)(H,23,24,26,27);1H4/t14-,16+,17-;/m0./s1. The van der Waals surface area contributed by atoms with Crippen molar-refractivity contribution in [1.82, 2.24) is 29.7 Å². The molecule has 12 nitrogen and oxygen atoms in total. The number of nitrogens with zero attached hydrogens (tertiary/aromatic N) is 5. The molecule has 1 saturated carbocycles. The minimum Gasteiger partial charge on any atom is -0.473 e. The Morgan fingerprint density at radius 3 is 2.77 bits per heavy atom. The van der Waals surface area contributed by atoms with Gasteiger partial charge in [0.2, 0.25) is 5.88 Å². The van der Waals surface area contributed by atoms with E-state index >= 15 is 0 Å². The van der Waals surface area contributed by atoms with E-state index in [1.165, 1.54) is 6.33 Å². The summed E-state index contributed by atoms with van der Waals surface area (Å²) in [7, 11) is -4.07. The summed E-state index contributed by atoms with van der Waals surface area (Å²) in [4.78, 5) is 16.2. The number of aromatic amines is 1. The molecule has 186 valence electrons. The van der Waals surface area contributed by atoms with Gasteiger partial charge in [0, 0.05) is 18.5 Å². The normalized spacial score (nSPS) is 20.1. The molecule has 13 heteroatoms. The van der Waals surface area contributed by atoms with Crippen molar-refractivity contribution >= 4 is 21.5 Å². The Morgan fingerprint density at radius 2 is 2.00 bits per heavy atom. The second-order valence-corrected chi connectivity index (χ2v) is 9.41. The van der Waals surface area contributed by atoms with Crippen molar-refractivity contribution in [1.29, 1.82) is 0 Å². The number of hydrogen-bond acceptors (Lipinski definition) is 9. The zero-order chi connectivity index (χ0) is 23.7. The predicted molar refractivity (Wildman–Crippen MR) is 127 cm³/mol. The van der Waals surface area contributed by atoms with Crippen LogP contribution in [-0.2, 0) is 21.0 Å². The fourth-order valence-corrected chi connectivity index (χ4v) is 4.41. The van der Waals surface area contributed by atoms with Gasteiger partial charge in [0.1, 0.15) is 23.8 Å². The van der Waals surface area contributed by atoms with E-state index in [1.54, 1.807) is 6.20 Å². The number of aliphatic hydroxyl groups is 1. The maximum Gasteiger partial charge on any atom is 0.333 e. The number of benzene rings is 1. The maximum absolute atomic E-state index is 11.0. The number of fused-ring (bicyclic) bond motifs is 1. The maximum atomic E-state index is 11.0. The highest BCUT2D eigenvalue weighted by molar-refractivity contribution is 7.84. The molecule has 3 atom stereocenters. The zero-order valence-electron chi connectivity index (χ0n) is 18.0. The van der Waals surface area contributed by atoms with Crippen molar-refractivity contribution in [2.45, 2.75) is 39.0 Å². The molecule has 3 aromatic heterocycles. The molecular formula is C22H27N7O5S. The highest BCUT2D eigenvalue weighted by Gasteiger charge is 2.36. The van der Waals surface area contributed by atoms with Gasteiger partial charge in [-0.15, -0.1) is 0 Å². The second-order valence-electron chi connectivity index (χ2n) is 8.19. The minimum atomic E-state index is -4.07. The molecule has 0 spiro atoms. The average molecular weight is 502 g/mol. The molecule has 1 aliphatic carbocycles. The molecule has 1 aromatic carbocycles. The lowest BCUT2D eigenvalue weighted by atomic mass is 10.1. The lowest BCUT2D eigenvalue weighted by molar-refractivity contribution is 0.0986. The molecule has 35 heavy (non-hydrogen) atoms. The van der Waals surface area contributed by atoms with E-state index in [9.17, 15) is 13.5 Å². The number of hydrogen-bond donors (Lipinski definition) is 3. The molecule has 0 aliphatic heterocycles. The van der Waals surface area contributed by atoms with Gasteiger partial charge >= 0.3 is 10.3 Å². The first-order chi connectivity index (χ1) is 16.3. The Hall–Kier alpha value is -3.39. The third-order valence-corrected chi connectivity index (χ3v) is 6.15. The number of imidazole rings is 1. The molecular weight excluding hydrogens is 474 g/mol. The summed E-state index contributed by atoms with van der Waals surface area (Å²) in [6.07, 6.45) is 4.49. The molecule has 0 radical (unpaired) electrons. The van der Waals surface area contributed by atoms with Crippen LogP contribution in [-0.4, -0.2) is 62.1 Å². The summed E-state index contributed by atoms with van der Waals surface area (Å²) in [6.45, 7) is 0.426. The first kappa shape index (κ1) is 24.7. The Bertz CT molecular complexity index is 1390. The van der Waals surface area contributed by atoms with E-state index < -0.39 is 22.3 Å². The SMILES string of the molecule is C.NS(=O)(=O)OC[C@@H]1C[C@@H](Oc2ncnc3nc(-c4cnn(Cc5ccccc5)c4)[nH]c23)C[C@@H]1O. The van der Waals surface area contributed by atoms with E-state index in [1.807, 2.05) is 41.2 Å². The smallest absolute Gasteiger partial charge is 0.333 e. The summed E-state index contributed by atoms with van der Waals surface area (Å²) >= 11 is 0. The molecule has 0 amide bonds.